The van der Waals surface area contributed by atoms with Crippen molar-refractivity contribution in [1.29, 1.82) is 0 Å². The Bertz CT molecular complexity index is 535. The maximum Gasteiger partial charge on any atom is 0.417 e. The summed E-state index contributed by atoms with van der Waals surface area (Å²) in [4.78, 5) is 12.0. The van der Waals surface area contributed by atoms with Crippen LogP contribution in [0.1, 0.15) is 18.2 Å². The molecule has 0 aliphatic carbocycles. The zero-order valence-electron chi connectivity index (χ0n) is 9.57. The lowest BCUT2D eigenvalue weighted by molar-refractivity contribution is -0.137. The van der Waals surface area contributed by atoms with Crippen LogP contribution in [-0.4, -0.2) is 15.0 Å². The summed E-state index contributed by atoms with van der Waals surface area (Å²) in [5, 5.41) is 0. The van der Waals surface area contributed by atoms with Crippen molar-refractivity contribution < 1.29 is 13.2 Å². The number of halogens is 3. The van der Waals surface area contributed by atoms with Gasteiger partial charge >= 0.3 is 6.18 Å². The molecule has 2 aromatic rings. The fourth-order valence-electron chi connectivity index (χ4n) is 1.54. The van der Waals surface area contributed by atoms with Gasteiger partial charge in [0.1, 0.15) is 5.69 Å². The van der Waals surface area contributed by atoms with Gasteiger partial charge < -0.3 is 0 Å². The Hall–Kier alpha value is -1.98. The van der Waals surface area contributed by atoms with Crippen molar-refractivity contribution in [2.45, 2.75) is 19.5 Å². The second-order valence-electron chi connectivity index (χ2n) is 3.64. The highest BCUT2D eigenvalue weighted by Crippen LogP contribution is 2.29. The van der Waals surface area contributed by atoms with Crippen LogP contribution in [0.15, 0.2) is 30.7 Å². The topological polar surface area (TPSA) is 38.7 Å². The van der Waals surface area contributed by atoms with Crippen molar-refractivity contribution >= 4 is 0 Å². The van der Waals surface area contributed by atoms with Gasteiger partial charge in [0.05, 0.1) is 17.0 Å². The molecule has 0 aliphatic heterocycles. The minimum absolute atomic E-state index is 0.396. The Labute approximate surface area is 102 Å². The van der Waals surface area contributed by atoms with Crippen molar-refractivity contribution in [3.63, 3.8) is 0 Å². The molecule has 2 heterocycles. The summed E-state index contributed by atoms with van der Waals surface area (Å²) < 4.78 is 37.2. The van der Waals surface area contributed by atoms with Gasteiger partial charge in [0.25, 0.3) is 0 Å². The molecule has 0 bridgehead atoms. The summed E-state index contributed by atoms with van der Waals surface area (Å²) in [6.07, 6.45) is 0.122. The van der Waals surface area contributed by atoms with Crippen LogP contribution >= 0.6 is 0 Å². The van der Waals surface area contributed by atoms with E-state index < -0.39 is 11.7 Å². The molecule has 18 heavy (non-hydrogen) atoms. The predicted molar refractivity (Wildman–Crippen MR) is 59.6 cm³/mol. The van der Waals surface area contributed by atoms with E-state index in [4.69, 9.17) is 0 Å². The molecule has 0 unspecified atom stereocenters. The van der Waals surface area contributed by atoms with E-state index in [1.54, 1.807) is 6.20 Å². The lowest BCUT2D eigenvalue weighted by Crippen LogP contribution is -2.05. The molecule has 94 valence electrons. The number of hydrogen-bond acceptors (Lipinski definition) is 3. The summed E-state index contributed by atoms with van der Waals surface area (Å²) >= 11 is 0. The largest absolute Gasteiger partial charge is 0.417 e. The second-order valence-corrected chi connectivity index (χ2v) is 3.64. The van der Waals surface area contributed by atoms with Crippen molar-refractivity contribution in [2.75, 3.05) is 0 Å². The Balaban J connectivity index is 2.41. The monoisotopic (exact) mass is 253 g/mol. The van der Waals surface area contributed by atoms with E-state index in [0.29, 0.717) is 23.5 Å². The molecule has 0 radical (unpaired) electrons. The van der Waals surface area contributed by atoms with Crippen LogP contribution in [0.2, 0.25) is 0 Å². The van der Waals surface area contributed by atoms with Crippen LogP contribution in [0.4, 0.5) is 13.2 Å². The summed E-state index contributed by atoms with van der Waals surface area (Å²) in [6, 6.07) is 2.31. The molecule has 6 heteroatoms. The molecular formula is C12H10F3N3. The zero-order valence-corrected chi connectivity index (χ0v) is 9.57. The third-order valence-corrected chi connectivity index (χ3v) is 2.44. The zero-order chi connectivity index (χ0) is 13.2. The van der Waals surface area contributed by atoms with E-state index in [-0.39, 0.29) is 0 Å². The van der Waals surface area contributed by atoms with Gasteiger partial charge in [-0.15, -0.1) is 0 Å². The Morgan fingerprint density at radius 2 is 1.78 bits per heavy atom. The molecule has 2 rings (SSSR count). The van der Waals surface area contributed by atoms with E-state index in [1.807, 2.05) is 6.92 Å². The molecule has 3 nitrogen and oxygen atoms in total. The molecule has 0 N–H and O–H groups in total. The number of aryl methyl sites for hydroxylation is 1. The number of aromatic nitrogens is 3. The van der Waals surface area contributed by atoms with Crippen LogP contribution < -0.4 is 0 Å². The third kappa shape index (κ3) is 2.47. The normalized spacial score (nSPS) is 11.6. The Morgan fingerprint density at radius 3 is 2.33 bits per heavy atom. The Kier molecular flexibility index (Phi) is 3.27. The van der Waals surface area contributed by atoms with Gasteiger partial charge in [-0.1, -0.05) is 6.92 Å². The summed E-state index contributed by atoms with van der Waals surface area (Å²) in [6.45, 7) is 1.90. The fraction of sp³-hybridized carbons (Fsp3) is 0.250. The quantitative estimate of drug-likeness (QED) is 0.825. The van der Waals surface area contributed by atoms with E-state index >= 15 is 0 Å². The molecule has 0 spiro atoms. The van der Waals surface area contributed by atoms with Crippen molar-refractivity contribution in [1.82, 2.24) is 15.0 Å². The first-order chi connectivity index (χ1) is 8.52. The number of nitrogens with zero attached hydrogens (tertiary/aromatic N) is 3. The first-order valence-corrected chi connectivity index (χ1v) is 5.36. The highest BCUT2D eigenvalue weighted by atomic mass is 19.4. The van der Waals surface area contributed by atoms with Gasteiger partial charge in [-0.25, -0.2) is 0 Å². The maximum atomic E-state index is 12.4. The first-order valence-electron chi connectivity index (χ1n) is 5.36. The molecule has 0 atom stereocenters. The van der Waals surface area contributed by atoms with E-state index in [1.165, 1.54) is 12.3 Å². The molecule has 0 saturated carbocycles. The average Bonchev–Trinajstić information content (AvgIpc) is 2.38. The van der Waals surface area contributed by atoms with Crippen LogP contribution in [0.25, 0.3) is 11.4 Å². The van der Waals surface area contributed by atoms with Crippen LogP contribution in [-0.2, 0) is 12.6 Å². The molecular weight excluding hydrogens is 243 g/mol. The average molecular weight is 253 g/mol. The number of alkyl halides is 3. The molecule has 0 saturated heterocycles. The van der Waals surface area contributed by atoms with E-state index in [0.717, 1.165) is 12.3 Å². The molecule has 2 aromatic heterocycles. The molecule has 0 amide bonds. The van der Waals surface area contributed by atoms with Gasteiger partial charge in [0.15, 0.2) is 0 Å². The van der Waals surface area contributed by atoms with Gasteiger partial charge in [0, 0.05) is 18.6 Å². The lowest BCUT2D eigenvalue weighted by Gasteiger charge is -2.08. The van der Waals surface area contributed by atoms with Crippen LogP contribution in [0.5, 0.6) is 0 Å². The number of hydrogen-bond donors (Lipinski definition) is 0. The van der Waals surface area contributed by atoms with Gasteiger partial charge in [0.2, 0.25) is 0 Å². The van der Waals surface area contributed by atoms with Gasteiger partial charge in [-0.05, 0) is 18.6 Å². The number of pyridine rings is 1. The van der Waals surface area contributed by atoms with E-state index in [2.05, 4.69) is 15.0 Å². The summed E-state index contributed by atoms with van der Waals surface area (Å²) in [5.41, 5.74) is 0.861. The maximum absolute atomic E-state index is 12.4. The first kappa shape index (κ1) is 12.5. The fourth-order valence-corrected chi connectivity index (χ4v) is 1.54. The standard InChI is InChI=1S/C12H10F3N3/c1-2-9-11(17-6-5-16-9)10-4-3-8(7-18-10)12(13,14)15/h3-7H,2H2,1H3. The number of rotatable bonds is 2. The summed E-state index contributed by atoms with van der Waals surface area (Å²) in [7, 11) is 0. The highest BCUT2D eigenvalue weighted by Gasteiger charge is 2.30. The Morgan fingerprint density at radius 1 is 1.06 bits per heavy atom. The second kappa shape index (κ2) is 4.72. The van der Waals surface area contributed by atoms with E-state index in [9.17, 15) is 13.2 Å². The minimum atomic E-state index is -4.37. The molecule has 0 fully saturated rings. The van der Waals surface area contributed by atoms with Crippen LogP contribution in [0.3, 0.4) is 0 Å². The van der Waals surface area contributed by atoms with Crippen molar-refractivity contribution in [2.24, 2.45) is 0 Å². The minimum Gasteiger partial charge on any atom is -0.257 e. The lowest BCUT2D eigenvalue weighted by atomic mass is 10.1. The smallest absolute Gasteiger partial charge is 0.257 e. The third-order valence-electron chi connectivity index (χ3n) is 2.44. The predicted octanol–water partition coefficient (Wildman–Crippen LogP) is 3.12. The molecule has 0 aliphatic rings. The highest BCUT2D eigenvalue weighted by molar-refractivity contribution is 5.56. The summed E-state index contributed by atoms with van der Waals surface area (Å²) in [5.74, 6) is 0. The molecule has 0 aromatic carbocycles. The SMILES string of the molecule is CCc1nccnc1-c1ccc(C(F)(F)F)cn1. The van der Waals surface area contributed by atoms with Crippen molar-refractivity contribution in [3.05, 3.63) is 42.0 Å². The van der Waals surface area contributed by atoms with Gasteiger partial charge in [-0.3, -0.25) is 15.0 Å². The van der Waals surface area contributed by atoms with Crippen molar-refractivity contribution in [3.8, 4) is 11.4 Å². The van der Waals surface area contributed by atoms with Crippen LogP contribution in [0, 0.1) is 0 Å². The van der Waals surface area contributed by atoms with Gasteiger partial charge in [-0.2, -0.15) is 13.2 Å².